The molecule has 1 heterocycles. The molecule has 0 bridgehead atoms. The molecule has 2 rings (SSSR count). The quantitative estimate of drug-likeness (QED) is 0.816. The fourth-order valence-corrected chi connectivity index (χ4v) is 3.27. The second kappa shape index (κ2) is 6.71. The standard InChI is InChI=1S/C15H28N2O2/c1-11-5-3-4-6-14(11)16-15(19)12(2)17-9-7-13(18)8-10-17/h11-14,18H,3-10H2,1-2H3,(H,16,19). The number of aliphatic hydroxyl groups is 1. The number of aliphatic hydroxyl groups excluding tert-OH is 1. The van der Waals surface area contributed by atoms with E-state index >= 15 is 0 Å². The molecule has 3 atom stereocenters. The molecule has 1 amide bonds. The molecule has 1 aliphatic heterocycles. The molecule has 4 nitrogen and oxygen atoms in total. The summed E-state index contributed by atoms with van der Waals surface area (Å²) in [5.74, 6) is 0.767. The molecule has 0 radical (unpaired) electrons. The molecule has 1 saturated heterocycles. The van der Waals surface area contributed by atoms with Crippen molar-refractivity contribution in [3.05, 3.63) is 0 Å². The lowest BCUT2D eigenvalue weighted by molar-refractivity contribution is -0.128. The van der Waals surface area contributed by atoms with Gasteiger partial charge in [-0.1, -0.05) is 19.8 Å². The van der Waals surface area contributed by atoms with Gasteiger partial charge in [0.25, 0.3) is 0 Å². The van der Waals surface area contributed by atoms with E-state index in [2.05, 4.69) is 17.1 Å². The minimum absolute atomic E-state index is 0.0679. The Bertz CT molecular complexity index is 301. The first-order valence-electron chi connectivity index (χ1n) is 7.80. The molecule has 0 aromatic carbocycles. The fourth-order valence-electron chi connectivity index (χ4n) is 3.27. The summed E-state index contributed by atoms with van der Waals surface area (Å²) in [6.07, 6.45) is 6.29. The number of nitrogens with zero attached hydrogens (tertiary/aromatic N) is 1. The smallest absolute Gasteiger partial charge is 0.237 e. The Morgan fingerprint density at radius 2 is 1.84 bits per heavy atom. The average Bonchev–Trinajstić information content (AvgIpc) is 2.41. The van der Waals surface area contributed by atoms with E-state index in [9.17, 15) is 9.90 Å². The monoisotopic (exact) mass is 268 g/mol. The highest BCUT2D eigenvalue weighted by molar-refractivity contribution is 5.81. The van der Waals surface area contributed by atoms with E-state index in [1.54, 1.807) is 0 Å². The maximum Gasteiger partial charge on any atom is 0.237 e. The molecule has 0 aromatic rings. The molecule has 2 aliphatic rings. The van der Waals surface area contributed by atoms with Crippen LogP contribution < -0.4 is 5.32 Å². The molecule has 0 aromatic heterocycles. The van der Waals surface area contributed by atoms with Gasteiger partial charge in [-0.2, -0.15) is 0 Å². The van der Waals surface area contributed by atoms with Gasteiger partial charge in [0.05, 0.1) is 12.1 Å². The lowest BCUT2D eigenvalue weighted by Crippen LogP contribution is -2.52. The number of amides is 1. The molecule has 110 valence electrons. The van der Waals surface area contributed by atoms with Gasteiger partial charge in [0.2, 0.25) is 5.91 Å². The van der Waals surface area contributed by atoms with Crippen LogP contribution in [0.15, 0.2) is 0 Å². The Morgan fingerprint density at radius 1 is 1.21 bits per heavy atom. The fraction of sp³-hybridized carbons (Fsp3) is 0.933. The van der Waals surface area contributed by atoms with Crippen LogP contribution in [0.5, 0.6) is 0 Å². The third-order valence-electron chi connectivity index (χ3n) is 4.87. The lowest BCUT2D eigenvalue weighted by atomic mass is 9.86. The van der Waals surface area contributed by atoms with Crippen molar-refractivity contribution in [2.45, 2.75) is 70.6 Å². The predicted octanol–water partition coefficient (Wildman–Crippen LogP) is 1.53. The summed E-state index contributed by atoms with van der Waals surface area (Å²) < 4.78 is 0. The Balaban J connectivity index is 1.81. The highest BCUT2D eigenvalue weighted by atomic mass is 16.3. The summed E-state index contributed by atoms with van der Waals surface area (Å²) in [4.78, 5) is 14.5. The minimum Gasteiger partial charge on any atom is -0.393 e. The maximum atomic E-state index is 12.3. The van der Waals surface area contributed by atoms with Crippen LogP contribution in [0.2, 0.25) is 0 Å². The van der Waals surface area contributed by atoms with E-state index in [1.807, 2.05) is 6.92 Å². The van der Waals surface area contributed by atoms with Gasteiger partial charge < -0.3 is 10.4 Å². The number of hydrogen-bond acceptors (Lipinski definition) is 3. The molecule has 0 spiro atoms. The molecule has 1 aliphatic carbocycles. The number of nitrogens with one attached hydrogen (secondary N) is 1. The predicted molar refractivity (Wildman–Crippen MR) is 75.8 cm³/mol. The third kappa shape index (κ3) is 3.93. The molecule has 1 saturated carbocycles. The zero-order valence-corrected chi connectivity index (χ0v) is 12.3. The van der Waals surface area contributed by atoms with Gasteiger partial charge in [-0.3, -0.25) is 9.69 Å². The first kappa shape index (κ1) is 14.8. The van der Waals surface area contributed by atoms with E-state index in [4.69, 9.17) is 0 Å². The van der Waals surface area contributed by atoms with Gasteiger partial charge >= 0.3 is 0 Å². The van der Waals surface area contributed by atoms with Gasteiger partial charge in [0.1, 0.15) is 0 Å². The summed E-state index contributed by atoms with van der Waals surface area (Å²) in [6.45, 7) is 5.89. The largest absolute Gasteiger partial charge is 0.393 e. The average molecular weight is 268 g/mol. The first-order chi connectivity index (χ1) is 9.08. The zero-order valence-electron chi connectivity index (χ0n) is 12.3. The number of rotatable bonds is 3. The SMILES string of the molecule is CC1CCCCC1NC(=O)C(C)N1CCC(O)CC1. The van der Waals surface area contributed by atoms with Crippen molar-refractivity contribution in [2.75, 3.05) is 13.1 Å². The number of piperidine rings is 1. The minimum atomic E-state index is -0.176. The second-order valence-electron chi connectivity index (χ2n) is 6.32. The van der Waals surface area contributed by atoms with Crippen LogP contribution in [-0.4, -0.2) is 47.2 Å². The van der Waals surface area contributed by atoms with Crippen LogP contribution in [0.1, 0.15) is 52.4 Å². The Morgan fingerprint density at radius 3 is 2.47 bits per heavy atom. The van der Waals surface area contributed by atoms with Crippen molar-refractivity contribution in [1.82, 2.24) is 10.2 Å². The summed E-state index contributed by atoms with van der Waals surface area (Å²) in [5, 5.41) is 12.7. The van der Waals surface area contributed by atoms with Crippen LogP contribution in [0.3, 0.4) is 0 Å². The molecule has 3 unspecified atom stereocenters. The van der Waals surface area contributed by atoms with Gasteiger partial charge in [0.15, 0.2) is 0 Å². The van der Waals surface area contributed by atoms with Crippen LogP contribution in [0.25, 0.3) is 0 Å². The van der Waals surface area contributed by atoms with Gasteiger partial charge in [0, 0.05) is 19.1 Å². The van der Waals surface area contributed by atoms with E-state index < -0.39 is 0 Å². The molecule has 2 fully saturated rings. The topological polar surface area (TPSA) is 52.6 Å². The second-order valence-corrected chi connectivity index (χ2v) is 6.32. The highest BCUT2D eigenvalue weighted by Gasteiger charge is 2.29. The summed E-state index contributed by atoms with van der Waals surface area (Å²) in [7, 11) is 0. The first-order valence-corrected chi connectivity index (χ1v) is 7.80. The van der Waals surface area contributed by atoms with E-state index in [1.165, 1.54) is 19.3 Å². The Hall–Kier alpha value is -0.610. The number of likely N-dealkylation sites (tertiary alicyclic amines) is 1. The lowest BCUT2D eigenvalue weighted by Gasteiger charge is -2.36. The van der Waals surface area contributed by atoms with E-state index in [-0.39, 0.29) is 18.1 Å². The van der Waals surface area contributed by atoms with Crippen molar-refractivity contribution in [1.29, 1.82) is 0 Å². The Labute approximate surface area is 116 Å². The van der Waals surface area contributed by atoms with Crippen molar-refractivity contribution in [3.63, 3.8) is 0 Å². The van der Waals surface area contributed by atoms with Gasteiger partial charge in [-0.15, -0.1) is 0 Å². The van der Waals surface area contributed by atoms with Crippen LogP contribution in [-0.2, 0) is 4.79 Å². The maximum absolute atomic E-state index is 12.3. The van der Waals surface area contributed by atoms with Crippen LogP contribution >= 0.6 is 0 Å². The van der Waals surface area contributed by atoms with Crippen molar-refractivity contribution < 1.29 is 9.90 Å². The molecular weight excluding hydrogens is 240 g/mol. The van der Waals surface area contributed by atoms with Crippen LogP contribution in [0, 0.1) is 5.92 Å². The Kier molecular flexibility index (Phi) is 5.22. The summed E-state index contributed by atoms with van der Waals surface area (Å²) in [6, 6.07) is 0.292. The highest BCUT2D eigenvalue weighted by Crippen LogP contribution is 2.24. The van der Waals surface area contributed by atoms with Gasteiger partial charge in [-0.25, -0.2) is 0 Å². The number of carbonyl (C=O) groups is 1. The zero-order chi connectivity index (χ0) is 13.8. The third-order valence-corrected chi connectivity index (χ3v) is 4.87. The van der Waals surface area contributed by atoms with E-state index in [0.717, 1.165) is 32.4 Å². The summed E-state index contributed by atoms with van der Waals surface area (Å²) >= 11 is 0. The van der Waals surface area contributed by atoms with E-state index in [0.29, 0.717) is 12.0 Å². The van der Waals surface area contributed by atoms with Crippen LogP contribution in [0.4, 0.5) is 0 Å². The summed E-state index contributed by atoms with van der Waals surface area (Å²) in [5.41, 5.74) is 0. The van der Waals surface area contributed by atoms with Crippen molar-refractivity contribution in [3.8, 4) is 0 Å². The molecule has 2 N–H and O–H groups in total. The molecular formula is C15H28N2O2. The van der Waals surface area contributed by atoms with Gasteiger partial charge in [-0.05, 0) is 38.5 Å². The van der Waals surface area contributed by atoms with Crippen molar-refractivity contribution in [2.24, 2.45) is 5.92 Å². The normalized spacial score (nSPS) is 31.9. The molecule has 4 heteroatoms. The molecule has 19 heavy (non-hydrogen) atoms. The van der Waals surface area contributed by atoms with Crippen molar-refractivity contribution >= 4 is 5.91 Å². The number of hydrogen-bond donors (Lipinski definition) is 2. The number of carbonyl (C=O) groups excluding carboxylic acids is 1.